The summed E-state index contributed by atoms with van der Waals surface area (Å²) in [5.41, 5.74) is 4.35. The fourth-order valence-electron chi connectivity index (χ4n) is 2.98. The van der Waals surface area contributed by atoms with Crippen LogP contribution >= 0.6 is 31.9 Å². The predicted molar refractivity (Wildman–Crippen MR) is 136 cm³/mol. The lowest BCUT2D eigenvalue weighted by molar-refractivity contribution is 0.0954. The molecule has 3 aromatic carbocycles. The number of halogens is 3. The molecule has 0 saturated heterocycles. The number of rotatable bonds is 10. The van der Waals surface area contributed by atoms with Crippen molar-refractivity contribution in [2.75, 3.05) is 13.2 Å². The number of hydrogen-bond donors (Lipinski definition) is 1. The third-order valence-electron chi connectivity index (χ3n) is 4.51. The van der Waals surface area contributed by atoms with Gasteiger partial charge in [-0.25, -0.2) is 9.82 Å². The highest BCUT2D eigenvalue weighted by Gasteiger charge is 2.12. The molecular formula is C25H23Br2FN2O4. The Kier molecular flexibility index (Phi) is 9.47. The van der Waals surface area contributed by atoms with E-state index in [1.807, 2.05) is 26.0 Å². The van der Waals surface area contributed by atoms with Gasteiger partial charge in [-0.15, -0.1) is 0 Å². The van der Waals surface area contributed by atoms with Crippen LogP contribution in [-0.4, -0.2) is 25.3 Å². The number of carbonyl (C=O) groups excluding carboxylic acids is 1. The van der Waals surface area contributed by atoms with Gasteiger partial charge in [0.05, 0.1) is 23.9 Å². The van der Waals surface area contributed by atoms with E-state index >= 15 is 0 Å². The Bertz CT molecular complexity index is 1170. The Morgan fingerprint density at radius 2 is 1.68 bits per heavy atom. The lowest BCUT2D eigenvalue weighted by Gasteiger charge is -2.12. The normalized spacial score (nSPS) is 10.9. The summed E-state index contributed by atoms with van der Waals surface area (Å²) in [5, 5.41) is 4.09. The summed E-state index contributed by atoms with van der Waals surface area (Å²) in [6.45, 7) is 4.91. The summed E-state index contributed by atoms with van der Waals surface area (Å²) < 4.78 is 31.7. The van der Waals surface area contributed by atoms with Gasteiger partial charge in [0, 0.05) is 15.6 Å². The van der Waals surface area contributed by atoms with Crippen molar-refractivity contribution in [1.82, 2.24) is 5.43 Å². The third-order valence-corrected chi connectivity index (χ3v) is 5.56. The van der Waals surface area contributed by atoms with Crippen LogP contribution in [0.2, 0.25) is 0 Å². The number of amides is 1. The number of hydrazone groups is 1. The molecule has 0 aromatic heterocycles. The number of nitrogens with one attached hydrogen (secondary N) is 1. The monoisotopic (exact) mass is 592 g/mol. The first-order valence-electron chi connectivity index (χ1n) is 10.5. The number of benzene rings is 3. The Labute approximate surface area is 214 Å². The zero-order valence-electron chi connectivity index (χ0n) is 18.6. The van der Waals surface area contributed by atoms with Crippen LogP contribution in [0.15, 0.2) is 68.6 Å². The summed E-state index contributed by atoms with van der Waals surface area (Å²) in [7, 11) is 0. The van der Waals surface area contributed by atoms with Gasteiger partial charge in [0.15, 0.2) is 11.5 Å². The van der Waals surface area contributed by atoms with Crippen LogP contribution < -0.4 is 19.6 Å². The van der Waals surface area contributed by atoms with Gasteiger partial charge in [0.25, 0.3) is 5.91 Å². The second kappa shape index (κ2) is 12.5. The van der Waals surface area contributed by atoms with E-state index in [0.29, 0.717) is 46.1 Å². The van der Waals surface area contributed by atoms with E-state index in [1.54, 1.807) is 30.3 Å². The SMILES string of the molecule is CCOc1ccc(C(=O)N/N=C/c2cc(Br)cc(Br)c2OCc2ccc(F)cc2)cc1OCC. The minimum Gasteiger partial charge on any atom is -0.490 e. The Hall–Kier alpha value is -2.91. The van der Waals surface area contributed by atoms with Gasteiger partial charge in [-0.3, -0.25) is 4.79 Å². The van der Waals surface area contributed by atoms with Crippen molar-refractivity contribution in [3.8, 4) is 17.2 Å². The second-order valence-corrected chi connectivity index (χ2v) is 8.72. The lowest BCUT2D eigenvalue weighted by Crippen LogP contribution is -2.18. The number of carbonyl (C=O) groups is 1. The zero-order valence-corrected chi connectivity index (χ0v) is 21.8. The molecule has 0 radical (unpaired) electrons. The summed E-state index contributed by atoms with van der Waals surface area (Å²) >= 11 is 6.94. The first-order chi connectivity index (χ1) is 16.4. The van der Waals surface area contributed by atoms with Gasteiger partial charge < -0.3 is 14.2 Å². The highest BCUT2D eigenvalue weighted by Crippen LogP contribution is 2.33. The van der Waals surface area contributed by atoms with E-state index in [2.05, 4.69) is 42.4 Å². The van der Waals surface area contributed by atoms with Crippen molar-refractivity contribution < 1.29 is 23.4 Å². The fourth-order valence-corrected chi connectivity index (χ4v) is 4.35. The molecule has 0 aliphatic heterocycles. The molecule has 3 rings (SSSR count). The second-order valence-electron chi connectivity index (χ2n) is 6.95. The van der Waals surface area contributed by atoms with Crippen molar-refractivity contribution in [1.29, 1.82) is 0 Å². The van der Waals surface area contributed by atoms with Crippen molar-refractivity contribution in [2.45, 2.75) is 20.5 Å². The Morgan fingerprint density at radius 1 is 0.971 bits per heavy atom. The Morgan fingerprint density at radius 3 is 2.38 bits per heavy atom. The maximum Gasteiger partial charge on any atom is 0.271 e. The summed E-state index contributed by atoms with van der Waals surface area (Å²) in [4.78, 5) is 12.6. The van der Waals surface area contributed by atoms with E-state index in [4.69, 9.17) is 14.2 Å². The van der Waals surface area contributed by atoms with Crippen molar-refractivity contribution >= 4 is 44.0 Å². The largest absolute Gasteiger partial charge is 0.490 e. The van der Waals surface area contributed by atoms with Gasteiger partial charge in [0.1, 0.15) is 18.2 Å². The van der Waals surface area contributed by atoms with E-state index < -0.39 is 5.91 Å². The molecule has 0 saturated carbocycles. The standard InChI is InChI=1S/C25H23Br2FN2O4/c1-3-32-22-10-7-17(12-23(22)33-4-2)25(31)30-29-14-18-11-19(26)13-21(27)24(18)34-15-16-5-8-20(28)9-6-16/h5-14H,3-4,15H2,1-2H3,(H,30,31)/b29-14+. The third kappa shape index (κ3) is 7.04. The van der Waals surface area contributed by atoms with Gasteiger partial charge in [-0.2, -0.15) is 5.10 Å². The first kappa shape index (κ1) is 25.7. The van der Waals surface area contributed by atoms with Crippen LogP contribution in [0.25, 0.3) is 0 Å². The molecule has 9 heteroatoms. The average molecular weight is 594 g/mol. The van der Waals surface area contributed by atoms with Crippen LogP contribution in [0.1, 0.15) is 35.3 Å². The minimum absolute atomic E-state index is 0.236. The van der Waals surface area contributed by atoms with Gasteiger partial charge in [-0.05, 0) is 77.8 Å². The summed E-state index contributed by atoms with van der Waals surface area (Å²) in [5.74, 6) is 0.895. The molecule has 0 fully saturated rings. The topological polar surface area (TPSA) is 69.2 Å². The number of ether oxygens (including phenoxy) is 3. The quantitative estimate of drug-likeness (QED) is 0.215. The molecular weight excluding hydrogens is 571 g/mol. The molecule has 0 aliphatic rings. The van der Waals surface area contributed by atoms with Gasteiger partial charge in [0.2, 0.25) is 0 Å². The smallest absolute Gasteiger partial charge is 0.271 e. The lowest BCUT2D eigenvalue weighted by atomic mass is 10.2. The minimum atomic E-state index is -0.400. The van der Waals surface area contributed by atoms with Crippen LogP contribution in [0.3, 0.4) is 0 Å². The van der Waals surface area contributed by atoms with Crippen molar-refractivity contribution in [3.63, 3.8) is 0 Å². The highest BCUT2D eigenvalue weighted by atomic mass is 79.9. The fraction of sp³-hybridized carbons (Fsp3) is 0.200. The molecule has 34 heavy (non-hydrogen) atoms. The number of nitrogens with zero attached hydrogens (tertiary/aromatic N) is 1. The maximum absolute atomic E-state index is 13.1. The molecule has 0 aliphatic carbocycles. The average Bonchev–Trinajstić information content (AvgIpc) is 2.81. The van der Waals surface area contributed by atoms with Gasteiger partial charge in [-0.1, -0.05) is 28.1 Å². The van der Waals surface area contributed by atoms with E-state index in [9.17, 15) is 9.18 Å². The Balaban J connectivity index is 1.74. The molecule has 0 bridgehead atoms. The zero-order chi connectivity index (χ0) is 24.5. The molecule has 1 amide bonds. The molecule has 178 valence electrons. The molecule has 0 spiro atoms. The highest BCUT2D eigenvalue weighted by molar-refractivity contribution is 9.11. The maximum atomic E-state index is 13.1. The van der Waals surface area contributed by atoms with Crippen LogP contribution in [0, 0.1) is 5.82 Å². The van der Waals surface area contributed by atoms with Crippen LogP contribution in [0.4, 0.5) is 4.39 Å². The molecule has 6 nitrogen and oxygen atoms in total. The molecule has 3 aromatic rings. The van der Waals surface area contributed by atoms with E-state index in [1.165, 1.54) is 18.3 Å². The first-order valence-corrected chi connectivity index (χ1v) is 12.1. The molecule has 0 unspecified atom stereocenters. The van der Waals surface area contributed by atoms with Crippen molar-refractivity contribution in [3.05, 3.63) is 86.1 Å². The van der Waals surface area contributed by atoms with Crippen molar-refractivity contribution in [2.24, 2.45) is 5.10 Å². The van der Waals surface area contributed by atoms with Crippen LogP contribution in [-0.2, 0) is 6.61 Å². The van der Waals surface area contributed by atoms with Gasteiger partial charge >= 0.3 is 0 Å². The summed E-state index contributed by atoms with van der Waals surface area (Å²) in [6.07, 6.45) is 1.49. The number of hydrogen-bond acceptors (Lipinski definition) is 5. The van der Waals surface area contributed by atoms with Crippen LogP contribution in [0.5, 0.6) is 17.2 Å². The molecule has 0 atom stereocenters. The molecule has 1 N–H and O–H groups in total. The molecule has 0 heterocycles. The predicted octanol–water partition coefficient (Wildman–Crippen LogP) is 6.49. The van der Waals surface area contributed by atoms with E-state index in [0.717, 1.165) is 10.0 Å². The summed E-state index contributed by atoms with van der Waals surface area (Å²) in [6, 6.07) is 14.7. The van der Waals surface area contributed by atoms with E-state index in [-0.39, 0.29) is 12.4 Å².